The second-order valence-electron chi connectivity index (χ2n) is 4.78. The third-order valence-electron chi connectivity index (χ3n) is 3.43. The molecule has 0 unspecified atom stereocenters. The first-order chi connectivity index (χ1) is 9.83. The van der Waals surface area contributed by atoms with Gasteiger partial charge in [0.1, 0.15) is 5.52 Å². The quantitative estimate of drug-likeness (QED) is 0.510. The first-order valence-electron chi connectivity index (χ1n) is 6.54. The molecule has 0 saturated carbocycles. The van der Waals surface area contributed by atoms with Crippen molar-refractivity contribution >= 4 is 22.0 Å². The number of para-hydroxylation sites is 1. The smallest absolute Gasteiger partial charge is 0.227 e. The predicted molar refractivity (Wildman–Crippen MR) is 79.5 cm³/mol. The fourth-order valence-electron chi connectivity index (χ4n) is 2.45. The Bertz CT molecular complexity index is 910. The van der Waals surface area contributed by atoms with Crippen molar-refractivity contribution in [3.8, 4) is 11.5 Å². The van der Waals surface area contributed by atoms with Crippen molar-refractivity contribution in [2.45, 2.75) is 6.92 Å². The van der Waals surface area contributed by atoms with Crippen molar-refractivity contribution in [3.05, 3.63) is 60.3 Å². The minimum absolute atomic E-state index is 0.641. The second kappa shape index (κ2) is 4.17. The molecule has 0 aliphatic rings. The van der Waals surface area contributed by atoms with Crippen molar-refractivity contribution in [3.63, 3.8) is 0 Å². The van der Waals surface area contributed by atoms with Crippen molar-refractivity contribution < 1.29 is 4.42 Å². The van der Waals surface area contributed by atoms with Crippen LogP contribution in [0, 0.1) is 6.92 Å². The van der Waals surface area contributed by atoms with E-state index in [2.05, 4.69) is 9.97 Å². The van der Waals surface area contributed by atoms with E-state index in [1.807, 2.05) is 61.5 Å². The van der Waals surface area contributed by atoms with Crippen LogP contribution in [0.25, 0.3) is 33.5 Å². The summed E-state index contributed by atoms with van der Waals surface area (Å²) in [6.07, 6.45) is 0. The molecule has 0 saturated heterocycles. The van der Waals surface area contributed by atoms with E-state index in [0.717, 1.165) is 33.3 Å². The number of pyridine rings is 1. The Labute approximate surface area is 115 Å². The zero-order chi connectivity index (χ0) is 13.5. The maximum absolute atomic E-state index is 6.00. The predicted octanol–water partition coefficient (Wildman–Crippen LogP) is 4.35. The highest BCUT2D eigenvalue weighted by Gasteiger charge is 2.13. The molecule has 2 heterocycles. The first-order valence-corrected chi connectivity index (χ1v) is 6.54. The number of benzene rings is 2. The summed E-state index contributed by atoms with van der Waals surface area (Å²) in [5.74, 6) is 0.641. The molecular formula is C17H12N2O. The molecule has 0 aliphatic heterocycles. The van der Waals surface area contributed by atoms with Gasteiger partial charge in [-0.3, -0.25) is 4.98 Å². The Balaban J connectivity index is 2.08. The van der Waals surface area contributed by atoms with Crippen LogP contribution >= 0.6 is 0 Å². The van der Waals surface area contributed by atoms with Crippen LogP contribution in [0.1, 0.15) is 5.69 Å². The highest BCUT2D eigenvalue weighted by Crippen LogP contribution is 2.30. The van der Waals surface area contributed by atoms with E-state index in [1.54, 1.807) is 0 Å². The number of rotatable bonds is 1. The summed E-state index contributed by atoms with van der Waals surface area (Å²) in [6.45, 7) is 1.96. The molecule has 0 bridgehead atoms. The van der Waals surface area contributed by atoms with Crippen molar-refractivity contribution in [1.29, 1.82) is 0 Å². The summed E-state index contributed by atoms with van der Waals surface area (Å²) in [6, 6.07) is 17.9. The van der Waals surface area contributed by atoms with Gasteiger partial charge < -0.3 is 4.42 Å². The van der Waals surface area contributed by atoms with E-state index in [4.69, 9.17) is 4.42 Å². The Morgan fingerprint density at radius 1 is 0.850 bits per heavy atom. The third-order valence-corrected chi connectivity index (χ3v) is 3.43. The van der Waals surface area contributed by atoms with Crippen LogP contribution in [-0.2, 0) is 0 Å². The van der Waals surface area contributed by atoms with Gasteiger partial charge in [-0.2, -0.15) is 0 Å². The highest BCUT2D eigenvalue weighted by molar-refractivity contribution is 6.02. The van der Waals surface area contributed by atoms with Gasteiger partial charge in [-0.25, -0.2) is 4.98 Å². The minimum atomic E-state index is 0.641. The Hall–Kier alpha value is -2.68. The van der Waals surface area contributed by atoms with Crippen LogP contribution in [-0.4, -0.2) is 9.97 Å². The molecule has 0 fully saturated rings. The van der Waals surface area contributed by atoms with Gasteiger partial charge in [0.05, 0.1) is 11.2 Å². The number of aryl methyl sites for hydroxylation is 1. The summed E-state index contributed by atoms with van der Waals surface area (Å²) >= 11 is 0. The van der Waals surface area contributed by atoms with E-state index in [-0.39, 0.29) is 0 Å². The molecule has 3 heteroatoms. The number of hydrogen-bond donors (Lipinski definition) is 0. The topological polar surface area (TPSA) is 38.9 Å². The number of aromatic nitrogens is 2. The molecule has 3 nitrogen and oxygen atoms in total. The molecule has 0 amide bonds. The van der Waals surface area contributed by atoms with Crippen LogP contribution in [0.3, 0.4) is 0 Å². The SMILES string of the molecule is Cc1nc2ccccc2c2oc(-c3ccccc3)nc12. The zero-order valence-corrected chi connectivity index (χ0v) is 11.0. The molecular weight excluding hydrogens is 248 g/mol. The molecule has 0 atom stereocenters. The fraction of sp³-hybridized carbons (Fsp3) is 0.0588. The molecule has 2 aromatic heterocycles. The van der Waals surface area contributed by atoms with E-state index >= 15 is 0 Å². The molecule has 0 aliphatic carbocycles. The maximum Gasteiger partial charge on any atom is 0.227 e. The minimum Gasteiger partial charge on any atom is -0.435 e. The molecule has 0 spiro atoms. The van der Waals surface area contributed by atoms with Gasteiger partial charge in [0.25, 0.3) is 0 Å². The molecule has 96 valence electrons. The molecule has 0 N–H and O–H groups in total. The summed E-state index contributed by atoms with van der Waals surface area (Å²) < 4.78 is 6.00. The van der Waals surface area contributed by atoms with Gasteiger partial charge in [0, 0.05) is 10.9 Å². The standard InChI is InChI=1S/C17H12N2O/c1-11-15-16(13-9-5-6-10-14(13)18-11)20-17(19-15)12-7-3-2-4-8-12/h2-10H,1H3. The van der Waals surface area contributed by atoms with Crippen LogP contribution in [0.4, 0.5) is 0 Å². The summed E-state index contributed by atoms with van der Waals surface area (Å²) in [4.78, 5) is 9.19. The Morgan fingerprint density at radius 3 is 2.45 bits per heavy atom. The Morgan fingerprint density at radius 2 is 1.60 bits per heavy atom. The lowest BCUT2D eigenvalue weighted by Gasteiger charge is -1.98. The lowest BCUT2D eigenvalue weighted by Crippen LogP contribution is -1.85. The van der Waals surface area contributed by atoms with Crippen molar-refractivity contribution in [2.75, 3.05) is 0 Å². The lowest BCUT2D eigenvalue weighted by atomic mass is 10.2. The number of fused-ring (bicyclic) bond motifs is 3. The van der Waals surface area contributed by atoms with E-state index in [9.17, 15) is 0 Å². The van der Waals surface area contributed by atoms with E-state index < -0.39 is 0 Å². The molecule has 4 rings (SSSR count). The number of hydrogen-bond acceptors (Lipinski definition) is 3. The zero-order valence-electron chi connectivity index (χ0n) is 11.0. The fourth-order valence-corrected chi connectivity index (χ4v) is 2.45. The lowest BCUT2D eigenvalue weighted by molar-refractivity contribution is 0.623. The summed E-state index contributed by atoms with van der Waals surface area (Å²) in [5, 5.41) is 1.00. The van der Waals surface area contributed by atoms with Gasteiger partial charge in [0.2, 0.25) is 5.89 Å². The molecule has 0 radical (unpaired) electrons. The molecule has 4 aromatic rings. The maximum atomic E-state index is 6.00. The van der Waals surface area contributed by atoms with Crippen LogP contribution in [0.2, 0.25) is 0 Å². The van der Waals surface area contributed by atoms with Gasteiger partial charge in [0.15, 0.2) is 5.58 Å². The number of nitrogens with zero attached hydrogens (tertiary/aromatic N) is 2. The monoisotopic (exact) mass is 260 g/mol. The van der Waals surface area contributed by atoms with Crippen molar-refractivity contribution in [1.82, 2.24) is 9.97 Å². The van der Waals surface area contributed by atoms with Gasteiger partial charge in [-0.15, -0.1) is 0 Å². The number of oxazole rings is 1. The third kappa shape index (κ3) is 1.60. The van der Waals surface area contributed by atoms with E-state index in [0.29, 0.717) is 5.89 Å². The average Bonchev–Trinajstić information content (AvgIpc) is 2.94. The van der Waals surface area contributed by atoms with Crippen molar-refractivity contribution in [2.24, 2.45) is 0 Å². The second-order valence-corrected chi connectivity index (χ2v) is 4.78. The van der Waals surface area contributed by atoms with Crippen LogP contribution in [0.5, 0.6) is 0 Å². The normalized spacial score (nSPS) is 11.2. The highest BCUT2D eigenvalue weighted by atomic mass is 16.3. The van der Waals surface area contributed by atoms with Gasteiger partial charge in [-0.05, 0) is 31.2 Å². The van der Waals surface area contributed by atoms with E-state index in [1.165, 1.54) is 0 Å². The summed E-state index contributed by atoms with van der Waals surface area (Å²) in [5.41, 5.74) is 4.46. The first kappa shape index (κ1) is 11.2. The molecule has 2 aromatic carbocycles. The largest absolute Gasteiger partial charge is 0.435 e. The average molecular weight is 260 g/mol. The van der Waals surface area contributed by atoms with Gasteiger partial charge >= 0.3 is 0 Å². The van der Waals surface area contributed by atoms with Crippen LogP contribution < -0.4 is 0 Å². The Kier molecular flexibility index (Phi) is 2.33. The van der Waals surface area contributed by atoms with Gasteiger partial charge in [-0.1, -0.05) is 30.3 Å². The van der Waals surface area contributed by atoms with Crippen LogP contribution in [0.15, 0.2) is 59.0 Å². The molecule has 20 heavy (non-hydrogen) atoms. The summed E-state index contributed by atoms with van der Waals surface area (Å²) in [7, 11) is 0.